The molecule has 18 heavy (non-hydrogen) atoms. The van der Waals surface area contributed by atoms with E-state index in [2.05, 4.69) is 15.6 Å². The minimum absolute atomic E-state index is 0.224. The van der Waals surface area contributed by atoms with Gasteiger partial charge in [0.05, 0.1) is 11.8 Å². The Labute approximate surface area is 106 Å². The van der Waals surface area contributed by atoms with Crippen molar-refractivity contribution in [3.8, 4) is 0 Å². The Kier molecular flexibility index (Phi) is 5.51. The van der Waals surface area contributed by atoms with Gasteiger partial charge >= 0.3 is 0 Å². The van der Waals surface area contributed by atoms with Gasteiger partial charge in [0.15, 0.2) is 0 Å². The van der Waals surface area contributed by atoms with Gasteiger partial charge in [-0.15, -0.1) is 0 Å². The first-order valence-corrected chi connectivity index (χ1v) is 5.81. The molecular formula is C12H19FN4O. The van der Waals surface area contributed by atoms with Crippen LogP contribution in [0.5, 0.6) is 0 Å². The zero-order valence-corrected chi connectivity index (χ0v) is 11.0. The molecule has 1 heterocycles. The molecule has 1 rings (SSSR count). The van der Waals surface area contributed by atoms with Crippen LogP contribution in [0.3, 0.4) is 0 Å². The maximum atomic E-state index is 13.1. The van der Waals surface area contributed by atoms with E-state index in [0.29, 0.717) is 12.4 Å². The van der Waals surface area contributed by atoms with Gasteiger partial charge in [-0.1, -0.05) is 0 Å². The van der Waals surface area contributed by atoms with Crippen molar-refractivity contribution in [1.29, 1.82) is 0 Å². The molecule has 1 aromatic rings. The van der Waals surface area contributed by atoms with E-state index in [0.717, 1.165) is 19.2 Å². The number of anilines is 1. The van der Waals surface area contributed by atoms with E-state index < -0.39 is 5.82 Å². The lowest BCUT2D eigenvalue weighted by molar-refractivity contribution is 0.0952. The fraction of sp³-hybridized carbons (Fsp3) is 0.500. The fourth-order valence-electron chi connectivity index (χ4n) is 1.50. The van der Waals surface area contributed by atoms with Crippen molar-refractivity contribution in [2.24, 2.45) is 0 Å². The zero-order valence-electron chi connectivity index (χ0n) is 11.0. The number of aromatic nitrogens is 1. The van der Waals surface area contributed by atoms with Gasteiger partial charge in [-0.3, -0.25) is 4.79 Å². The number of pyridine rings is 1. The molecule has 1 amide bonds. The average Bonchev–Trinajstić information content (AvgIpc) is 2.34. The van der Waals surface area contributed by atoms with E-state index in [4.69, 9.17) is 0 Å². The van der Waals surface area contributed by atoms with Crippen LogP contribution >= 0.6 is 0 Å². The molecule has 0 aliphatic rings. The van der Waals surface area contributed by atoms with E-state index >= 15 is 0 Å². The molecule has 0 aliphatic heterocycles. The first kappa shape index (κ1) is 14.4. The lowest BCUT2D eigenvalue weighted by Crippen LogP contribution is -2.28. The van der Waals surface area contributed by atoms with Crippen molar-refractivity contribution in [2.45, 2.75) is 6.42 Å². The summed E-state index contributed by atoms with van der Waals surface area (Å²) in [5, 5.41) is 5.51. The summed E-state index contributed by atoms with van der Waals surface area (Å²) in [6.07, 6.45) is 1.92. The highest BCUT2D eigenvalue weighted by atomic mass is 19.1. The van der Waals surface area contributed by atoms with Crippen LogP contribution in [0.25, 0.3) is 0 Å². The maximum Gasteiger partial charge on any atom is 0.255 e. The van der Waals surface area contributed by atoms with Gasteiger partial charge < -0.3 is 15.5 Å². The first-order chi connectivity index (χ1) is 8.54. The SMILES string of the molecule is CNc1ncc(F)cc1C(=O)NCCCN(C)C. The summed E-state index contributed by atoms with van der Waals surface area (Å²) in [7, 11) is 5.58. The largest absolute Gasteiger partial charge is 0.372 e. The third-order valence-corrected chi connectivity index (χ3v) is 2.40. The molecule has 0 aliphatic carbocycles. The second kappa shape index (κ2) is 6.90. The highest BCUT2D eigenvalue weighted by Gasteiger charge is 2.12. The van der Waals surface area contributed by atoms with E-state index in [1.165, 1.54) is 6.07 Å². The maximum absolute atomic E-state index is 13.1. The zero-order chi connectivity index (χ0) is 13.5. The average molecular weight is 254 g/mol. The van der Waals surface area contributed by atoms with E-state index in [9.17, 15) is 9.18 Å². The minimum Gasteiger partial charge on any atom is -0.372 e. The van der Waals surface area contributed by atoms with Gasteiger partial charge in [-0.25, -0.2) is 9.37 Å². The molecule has 0 unspecified atom stereocenters. The Morgan fingerprint density at radius 2 is 2.22 bits per heavy atom. The second-order valence-corrected chi connectivity index (χ2v) is 4.21. The predicted octanol–water partition coefficient (Wildman–Crippen LogP) is 0.944. The number of rotatable bonds is 6. The van der Waals surface area contributed by atoms with Crippen molar-refractivity contribution < 1.29 is 9.18 Å². The van der Waals surface area contributed by atoms with Crippen molar-refractivity contribution >= 4 is 11.7 Å². The van der Waals surface area contributed by atoms with Gasteiger partial charge in [0.2, 0.25) is 0 Å². The van der Waals surface area contributed by atoms with Crippen molar-refractivity contribution in [2.75, 3.05) is 39.5 Å². The molecule has 0 atom stereocenters. The number of nitrogens with one attached hydrogen (secondary N) is 2. The summed E-state index contributed by atoms with van der Waals surface area (Å²) >= 11 is 0. The Bertz CT molecular complexity index is 409. The summed E-state index contributed by atoms with van der Waals surface area (Å²) in [5.41, 5.74) is 0.224. The first-order valence-electron chi connectivity index (χ1n) is 5.81. The quantitative estimate of drug-likeness (QED) is 0.742. The molecule has 0 spiro atoms. The van der Waals surface area contributed by atoms with Gasteiger partial charge in [0.1, 0.15) is 11.6 Å². The Morgan fingerprint density at radius 1 is 1.50 bits per heavy atom. The van der Waals surface area contributed by atoms with Crippen LogP contribution in [-0.2, 0) is 0 Å². The molecule has 100 valence electrons. The molecule has 2 N–H and O–H groups in total. The summed E-state index contributed by atoms with van der Waals surface area (Å²) in [6.45, 7) is 1.44. The number of nitrogens with zero attached hydrogens (tertiary/aromatic N) is 2. The number of hydrogen-bond acceptors (Lipinski definition) is 4. The number of amides is 1. The predicted molar refractivity (Wildman–Crippen MR) is 69.2 cm³/mol. The summed E-state index contributed by atoms with van der Waals surface area (Å²) < 4.78 is 13.1. The standard InChI is InChI=1S/C12H19FN4O/c1-14-11-10(7-9(13)8-16-11)12(18)15-5-4-6-17(2)3/h7-8H,4-6H2,1-3H3,(H,14,16)(H,15,18). The summed E-state index contributed by atoms with van der Waals surface area (Å²) in [6, 6.07) is 1.18. The van der Waals surface area contributed by atoms with Crippen LogP contribution < -0.4 is 10.6 Å². The van der Waals surface area contributed by atoms with Crippen LogP contribution in [0.2, 0.25) is 0 Å². The molecule has 1 aromatic heterocycles. The molecule has 0 saturated carbocycles. The van der Waals surface area contributed by atoms with Crippen molar-refractivity contribution in [1.82, 2.24) is 15.2 Å². The minimum atomic E-state index is -0.521. The van der Waals surface area contributed by atoms with Gasteiger partial charge in [0.25, 0.3) is 5.91 Å². The third kappa shape index (κ3) is 4.29. The fourth-order valence-corrected chi connectivity index (χ4v) is 1.50. The van der Waals surface area contributed by atoms with Crippen molar-refractivity contribution in [3.05, 3.63) is 23.6 Å². The summed E-state index contributed by atoms with van der Waals surface area (Å²) in [4.78, 5) is 17.7. The normalized spacial score (nSPS) is 10.5. The van der Waals surface area contributed by atoms with Crippen LogP contribution in [-0.4, -0.2) is 50.0 Å². The lowest BCUT2D eigenvalue weighted by Gasteiger charge is -2.11. The Balaban J connectivity index is 2.58. The molecule has 0 saturated heterocycles. The number of carbonyl (C=O) groups excluding carboxylic acids is 1. The highest BCUT2D eigenvalue weighted by Crippen LogP contribution is 2.12. The van der Waals surface area contributed by atoms with Gasteiger partial charge in [-0.2, -0.15) is 0 Å². The molecule has 0 fully saturated rings. The van der Waals surface area contributed by atoms with Crippen LogP contribution in [0.4, 0.5) is 10.2 Å². The Hall–Kier alpha value is -1.69. The lowest BCUT2D eigenvalue weighted by atomic mass is 10.2. The topological polar surface area (TPSA) is 57.3 Å². The second-order valence-electron chi connectivity index (χ2n) is 4.21. The van der Waals surface area contributed by atoms with Gasteiger partial charge in [-0.05, 0) is 33.1 Å². The molecular weight excluding hydrogens is 235 g/mol. The van der Waals surface area contributed by atoms with Crippen LogP contribution in [0.15, 0.2) is 12.3 Å². The monoisotopic (exact) mass is 254 g/mol. The van der Waals surface area contributed by atoms with Gasteiger partial charge in [0, 0.05) is 13.6 Å². The summed E-state index contributed by atoms with van der Waals surface area (Å²) in [5.74, 6) is -0.459. The Morgan fingerprint density at radius 3 is 2.83 bits per heavy atom. The molecule has 0 aromatic carbocycles. The van der Waals surface area contributed by atoms with E-state index in [1.807, 2.05) is 19.0 Å². The molecule has 0 bridgehead atoms. The smallest absolute Gasteiger partial charge is 0.255 e. The van der Waals surface area contributed by atoms with Crippen molar-refractivity contribution in [3.63, 3.8) is 0 Å². The molecule has 6 heteroatoms. The van der Waals surface area contributed by atoms with Crippen LogP contribution in [0.1, 0.15) is 16.8 Å². The molecule has 0 radical (unpaired) electrons. The van der Waals surface area contributed by atoms with E-state index in [1.54, 1.807) is 7.05 Å². The van der Waals surface area contributed by atoms with Crippen LogP contribution in [0, 0.1) is 5.82 Å². The van der Waals surface area contributed by atoms with E-state index in [-0.39, 0.29) is 11.5 Å². The number of hydrogen-bond donors (Lipinski definition) is 2. The molecule has 5 nitrogen and oxygen atoms in total. The third-order valence-electron chi connectivity index (χ3n) is 2.40. The highest BCUT2D eigenvalue weighted by molar-refractivity contribution is 5.98. The number of carbonyl (C=O) groups is 1. The number of halogens is 1.